The lowest BCUT2D eigenvalue weighted by Gasteiger charge is -2.09. The fourth-order valence-electron chi connectivity index (χ4n) is 2.96. The van der Waals surface area contributed by atoms with E-state index in [1.807, 2.05) is 19.1 Å². The summed E-state index contributed by atoms with van der Waals surface area (Å²) in [7, 11) is 0. The van der Waals surface area contributed by atoms with E-state index in [-0.39, 0.29) is 35.4 Å². The standard InChI is InChI=1S/C22H17Cl2FN4O3/c1-13-4-2-6-17(24)20(13)31-11-14-8-9-19(32-14)21(30)27-22-26-12-29(28-22)10-15-16(23)5-3-7-18(15)25/h2-9,12H,10-11H2,1H3,(H,27,28,30). The lowest BCUT2D eigenvalue weighted by Crippen LogP contribution is -2.13. The molecule has 1 N–H and O–H groups in total. The minimum absolute atomic E-state index is 0.0448. The first kappa shape index (κ1) is 21.9. The Hall–Kier alpha value is -3.36. The van der Waals surface area contributed by atoms with Crippen molar-refractivity contribution in [2.75, 3.05) is 5.32 Å². The van der Waals surface area contributed by atoms with Crippen LogP contribution < -0.4 is 10.1 Å². The van der Waals surface area contributed by atoms with Crippen LogP contribution in [0.3, 0.4) is 0 Å². The van der Waals surface area contributed by atoms with Gasteiger partial charge in [-0.05, 0) is 42.8 Å². The lowest BCUT2D eigenvalue weighted by atomic mass is 10.2. The number of furan rings is 1. The third-order valence-electron chi connectivity index (χ3n) is 4.55. The molecule has 164 valence electrons. The monoisotopic (exact) mass is 474 g/mol. The molecule has 1 amide bonds. The molecule has 0 aliphatic carbocycles. The molecule has 0 bridgehead atoms. The van der Waals surface area contributed by atoms with E-state index >= 15 is 0 Å². The maximum atomic E-state index is 13.9. The van der Waals surface area contributed by atoms with Crippen molar-refractivity contribution in [3.63, 3.8) is 0 Å². The van der Waals surface area contributed by atoms with Crippen LogP contribution in [0.1, 0.15) is 27.4 Å². The van der Waals surface area contributed by atoms with Gasteiger partial charge in [-0.15, -0.1) is 5.10 Å². The summed E-state index contributed by atoms with van der Waals surface area (Å²) in [6.07, 6.45) is 1.37. The number of ether oxygens (including phenoxy) is 1. The van der Waals surface area contributed by atoms with E-state index in [1.165, 1.54) is 29.2 Å². The summed E-state index contributed by atoms with van der Waals surface area (Å²) in [6, 6.07) is 13.0. The Balaban J connectivity index is 1.37. The number of benzene rings is 2. The molecule has 7 nitrogen and oxygen atoms in total. The maximum Gasteiger partial charge on any atom is 0.293 e. The van der Waals surface area contributed by atoms with Gasteiger partial charge in [0.2, 0.25) is 5.95 Å². The molecule has 0 aliphatic heterocycles. The Morgan fingerprint density at radius 3 is 2.72 bits per heavy atom. The van der Waals surface area contributed by atoms with Gasteiger partial charge in [-0.2, -0.15) is 0 Å². The van der Waals surface area contributed by atoms with Crippen LogP contribution in [0.5, 0.6) is 5.75 Å². The van der Waals surface area contributed by atoms with Gasteiger partial charge in [0.25, 0.3) is 5.91 Å². The van der Waals surface area contributed by atoms with E-state index in [1.54, 1.807) is 18.2 Å². The van der Waals surface area contributed by atoms with Gasteiger partial charge in [0.05, 0.1) is 11.6 Å². The second kappa shape index (κ2) is 9.42. The highest BCUT2D eigenvalue weighted by Crippen LogP contribution is 2.29. The number of amides is 1. The van der Waals surface area contributed by atoms with Crippen molar-refractivity contribution in [3.05, 3.63) is 93.4 Å². The van der Waals surface area contributed by atoms with Crippen molar-refractivity contribution in [2.45, 2.75) is 20.1 Å². The van der Waals surface area contributed by atoms with Gasteiger partial charge in [0, 0.05) is 10.6 Å². The number of para-hydroxylation sites is 1. The summed E-state index contributed by atoms with van der Waals surface area (Å²) in [4.78, 5) is 16.5. The van der Waals surface area contributed by atoms with Gasteiger partial charge in [-0.1, -0.05) is 41.4 Å². The van der Waals surface area contributed by atoms with Crippen molar-refractivity contribution >= 4 is 35.1 Å². The van der Waals surface area contributed by atoms with Crippen molar-refractivity contribution in [1.82, 2.24) is 14.8 Å². The maximum absolute atomic E-state index is 13.9. The number of rotatable bonds is 7. The van der Waals surface area contributed by atoms with E-state index in [2.05, 4.69) is 15.4 Å². The topological polar surface area (TPSA) is 82.2 Å². The zero-order valence-corrected chi connectivity index (χ0v) is 18.3. The predicted molar refractivity (Wildman–Crippen MR) is 118 cm³/mol. The molecule has 0 atom stereocenters. The molecule has 0 aliphatic rings. The number of halogens is 3. The number of carbonyl (C=O) groups excluding carboxylic acids is 1. The van der Waals surface area contributed by atoms with Crippen LogP contribution in [0, 0.1) is 12.7 Å². The summed E-state index contributed by atoms with van der Waals surface area (Å²) >= 11 is 12.2. The number of anilines is 1. The van der Waals surface area contributed by atoms with Crippen LogP contribution in [-0.2, 0) is 13.2 Å². The summed E-state index contributed by atoms with van der Waals surface area (Å²) in [6.45, 7) is 2.06. The Morgan fingerprint density at radius 2 is 1.94 bits per heavy atom. The largest absolute Gasteiger partial charge is 0.484 e. The molecule has 0 spiro atoms. The molecule has 2 heterocycles. The van der Waals surface area contributed by atoms with E-state index < -0.39 is 11.7 Å². The number of aromatic nitrogens is 3. The minimum Gasteiger partial charge on any atom is -0.484 e. The molecule has 0 unspecified atom stereocenters. The van der Waals surface area contributed by atoms with Gasteiger partial charge in [0.15, 0.2) is 5.76 Å². The lowest BCUT2D eigenvalue weighted by molar-refractivity contribution is 0.0991. The highest BCUT2D eigenvalue weighted by molar-refractivity contribution is 6.32. The minimum atomic E-state index is -0.535. The van der Waals surface area contributed by atoms with E-state index in [0.717, 1.165) is 5.56 Å². The summed E-state index contributed by atoms with van der Waals surface area (Å²) in [5.41, 5.74) is 1.17. The number of carbonyl (C=O) groups is 1. The first-order chi connectivity index (χ1) is 15.4. The third-order valence-corrected chi connectivity index (χ3v) is 5.20. The zero-order chi connectivity index (χ0) is 22.7. The summed E-state index contributed by atoms with van der Waals surface area (Å²) in [5.74, 6) is 0.127. The number of nitrogens with one attached hydrogen (secondary N) is 1. The Morgan fingerprint density at radius 1 is 1.16 bits per heavy atom. The van der Waals surface area contributed by atoms with E-state index in [0.29, 0.717) is 16.5 Å². The first-order valence-corrected chi connectivity index (χ1v) is 10.3. The zero-order valence-electron chi connectivity index (χ0n) is 16.8. The van der Waals surface area contributed by atoms with Crippen LogP contribution in [0.2, 0.25) is 10.0 Å². The predicted octanol–water partition coefficient (Wildman–Crippen LogP) is 5.51. The van der Waals surface area contributed by atoms with Gasteiger partial charge < -0.3 is 9.15 Å². The van der Waals surface area contributed by atoms with E-state index in [9.17, 15) is 9.18 Å². The third kappa shape index (κ3) is 4.92. The van der Waals surface area contributed by atoms with Crippen LogP contribution >= 0.6 is 23.2 Å². The average molecular weight is 475 g/mol. The van der Waals surface area contributed by atoms with Gasteiger partial charge >= 0.3 is 0 Å². The Kier molecular flexibility index (Phi) is 6.43. The number of aryl methyl sites for hydroxylation is 1. The highest BCUT2D eigenvalue weighted by Gasteiger charge is 2.15. The van der Waals surface area contributed by atoms with Gasteiger partial charge in [-0.3, -0.25) is 10.1 Å². The Labute approximate surface area is 192 Å². The average Bonchev–Trinajstić information content (AvgIpc) is 3.40. The fourth-order valence-corrected chi connectivity index (χ4v) is 3.46. The quantitative estimate of drug-likeness (QED) is 0.382. The summed E-state index contributed by atoms with van der Waals surface area (Å²) < 4.78 is 26.6. The summed E-state index contributed by atoms with van der Waals surface area (Å²) in [5, 5.41) is 7.43. The van der Waals surface area contributed by atoms with Crippen molar-refractivity contribution in [1.29, 1.82) is 0 Å². The normalized spacial score (nSPS) is 10.9. The van der Waals surface area contributed by atoms with Crippen LogP contribution in [0.15, 0.2) is 59.3 Å². The number of nitrogens with zero attached hydrogens (tertiary/aromatic N) is 3. The molecule has 0 saturated heterocycles. The van der Waals surface area contributed by atoms with E-state index in [4.69, 9.17) is 32.4 Å². The molecule has 4 rings (SSSR count). The molecule has 4 aromatic rings. The molecule has 0 saturated carbocycles. The second-order valence-corrected chi connectivity index (χ2v) is 7.67. The molecular formula is C22H17Cl2FN4O3. The second-order valence-electron chi connectivity index (χ2n) is 6.86. The molecule has 0 fully saturated rings. The number of hydrogen-bond donors (Lipinski definition) is 1. The highest BCUT2D eigenvalue weighted by atomic mass is 35.5. The molecule has 2 aromatic heterocycles. The van der Waals surface area contributed by atoms with Crippen molar-refractivity contribution in [2.24, 2.45) is 0 Å². The molecule has 2 aromatic carbocycles. The smallest absolute Gasteiger partial charge is 0.293 e. The van der Waals surface area contributed by atoms with Crippen molar-refractivity contribution in [3.8, 4) is 5.75 Å². The Bertz CT molecular complexity index is 1230. The molecule has 32 heavy (non-hydrogen) atoms. The van der Waals surface area contributed by atoms with Crippen molar-refractivity contribution < 1.29 is 18.3 Å². The number of hydrogen-bond acceptors (Lipinski definition) is 5. The first-order valence-electron chi connectivity index (χ1n) is 9.51. The fraction of sp³-hybridized carbons (Fsp3) is 0.136. The van der Waals surface area contributed by atoms with Crippen LogP contribution in [-0.4, -0.2) is 20.7 Å². The van der Waals surface area contributed by atoms with Crippen LogP contribution in [0.4, 0.5) is 10.3 Å². The molecule has 10 heteroatoms. The van der Waals surface area contributed by atoms with Gasteiger partial charge in [0.1, 0.15) is 30.3 Å². The van der Waals surface area contributed by atoms with Gasteiger partial charge in [-0.25, -0.2) is 14.1 Å². The SMILES string of the molecule is Cc1cccc(Cl)c1OCc1ccc(C(=O)Nc2ncn(Cc3c(F)cccc3Cl)n2)o1. The van der Waals surface area contributed by atoms with Crippen LogP contribution in [0.25, 0.3) is 0 Å². The molecule has 0 radical (unpaired) electrons. The molecular weight excluding hydrogens is 458 g/mol.